The summed E-state index contributed by atoms with van der Waals surface area (Å²) in [4.78, 5) is 17.0. The molecule has 1 aliphatic heterocycles. The number of rotatable bonds is 5. The molecule has 0 aliphatic carbocycles. The van der Waals surface area contributed by atoms with Crippen LogP contribution < -0.4 is 14.5 Å². The lowest BCUT2D eigenvalue weighted by Crippen LogP contribution is -2.24. The van der Waals surface area contributed by atoms with E-state index in [0.29, 0.717) is 18.4 Å². The van der Waals surface area contributed by atoms with Crippen molar-refractivity contribution in [1.82, 2.24) is 15.0 Å². The highest BCUT2D eigenvalue weighted by atomic mass is 19.1. The Hall–Kier alpha value is -2.44. The van der Waals surface area contributed by atoms with Crippen LogP contribution in [-0.2, 0) is 0 Å². The first-order valence-corrected chi connectivity index (χ1v) is 7.61. The van der Waals surface area contributed by atoms with Gasteiger partial charge in [-0.1, -0.05) is 0 Å². The normalized spacial score (nSPS) is 17.3. The van der Waals surface area contributed by atoms with Crippen LogP contribution in [0, 0.1) is 11.7 Å². The largest absolute Gasteiger partial charge is 0.477 e. The lowest BCUT2D eigenvalue weighted by atomic mass is 10.1. The van der Waals surface area contributed by atoms with Crippen molar-refractivity contribution in [3.05, 3.63) is 36.4 Å². The Morgan fingerprint density at radius 1 is 1.30 bits per heavy atom. The summed E-state index contributed by atoms with van der Waals surface area (Å²) in [5, 5.41) is 0. The van der Waals surface area contributed by atoms with E-state index in [9.17, 15) is 4.39 Å². The first-order chi connectivity index (χ1) is 11.1. The highest BCUT2D eigenvalue weighted by molar-refractivity contribution is 5.43. The first-order valence-electron chi connectivity index (χ1n) is 7.61. The van der Waals surface area contributed by atoms with Crippen LogP contribution >= 0.6 is 0 Å². The summed E-state index contributed by atoms with van der Waals surface area (Å²) < 4.78 is 18.5. The smallest absolute Gasteiger partial charge is 0.227 e. The summed E-state index contributed by atoms with van der Waals surface area (Å²) in [6, 6.07) is 4.79. The average Bonchev–Trinajstić information content (AvgIpc) is 3.03. The highest BCUT2D eigenvalue weighted by Gasteiger charge is 2.25. The molecule has 0 bridgehead atoms. The van der Waals surface area contributed by atoms with Crippen molar-refractivity contribution in [3.63, 3.8) is 0 Å². The molecule has 0 aromatic carbocycles. The molecule has 0 radical (unpaired) electrons. The fourth-order valence-corrected chi connectivity index (χ4v) is 2.54. The maximum Gasteiger partial charge on any atom is 0.227 e. The van der Waals surface area contributed by atoms with Crippen LogP contribution in [0.2, 0.25) is 0 Å². The Morgan fingerprint density at radius 3 is 2.91 bits per heavy atom. The van der Waals surface area contributed by atoms with Crippen LogP contribution in [0.3, 0.4) is 0 Å². The zero-order valence-corrected chi connectivity index (χ0v) is 13.3. The van der Waals surface area contributed by atoms with Gasteiger partial charge in [-0.05, 0) is 18.6 Å². The summed E-state index contributed by atoms with van der Waals surface area (Å²) in [7, 11) is 3.92. The van der Waals surface area contributed by atoms with Crippen molar-refractivity contribution >= 4 is 11.8 Å². The van der Waals surface area contributed by atoms with Crippen molar-refractivity contribution in [2.45, 2.75) is 6.42 Å². The van der Waals surface area contributed by atoms with Gasteiger partial charge in [-0.3, -0.25) is 0 Å². The number of nitrogens with zero attached hydrogens (tertiary/aromatic N) is 5. The molecule has 1 saturated heterocycles. The molecule has 2 aromatic rings. The molecule has 0 amide bonds. The summed E-state index contributed by atoms with van der Waals surface area (Å²) in [5.74, 6) is 2.12. The van der Waals surface area contributed by atoms with Crippen molar-refractivity contribution in [3.8, 4) is 5.88 Å². The monoisotopic (exact) mass is 317 g/mol. The summed E-state index contributed by atoms with van der Waals surface area (Å²) >= 11 is 0. The van der Waals surface area contributed by atoms with Gasteiger partial charge in [0.05, 0.1) is 12.8 Å². The predicted octanol–water partition coefficient (Wildman–Crippen LogP) is 1.98. The minimum Gasteiger partial charge on any atom is -0.477 e. The van der Waals surface area contributed by atoms with Crippen LogP contribution in [0.15, 0.2) is 30.6 Å². The number of anilines is 2. The van der Waals surface area contributed by atoms with Crippen LogP contribution in [0.4, 0.5) is 16.2 Å². The van der Waals surface area contributed by atoms with Gasteiger partial charge in [0.15, 0.2) is 0 Å². The van der Waals surface area contributed by atoms with Crippen LogP contribution in [0.1, 0.15) is 6.42 Å². The molecule has 3 rings (SSSR count). The zero-order chi connectivity index (χ0) is 16.2. The van der Waals surface area contributed by atoms with Crippen LogP contribution in [0.25, 0.3) is 0 Å². The van der Waals surface area contributed by atoms with E-state index in [0.717, 1.165) is 37.5 Å². The summed E-state index contributed by atoms with van der Waals surface area (Å²) in [6.45, 7) is 2.31. The van der Waals surface area contributed by atoms with Gasteiger partial charge in [-0.15, -0.1) is 0 Å². The van der Waals surface area contributed by atoms with Crippen molar-refractivity contribution in [2.75, 3.05) is 43.6 Å². The molecule has 1 atom stereocenters. The maximum absolute atomic E-state index is 12.8. The molecule has 7 heteroatoms. The number of halogens is 1. The summed E-state index contributed by atoms with van der Waals surface area (Å²) in [5.41, 5.74) is 0. The Morgan fingerprint density at radius 2 is 2.17 bits per heavy atom. The third kappa shape index (κ3) is 3.85. The highest BCUT2D eigenvalue weighted by Crippen LogP contribution is 2.22. The van der Waals surface area contributed by atoms with Crippen molar-refractivity contribution in [1.29, 1.82) is 0 Å². The second kappa shape index (κ2) is 6.76. The predicted molar refractivity (Wildman–Crippen MR) is 86.4 cm³/mol. The van der Waals surface area contributed by atoms with Gasteiger partial charge in [0.25, 0.3) is 0 Å². The topological polar surface area (TPSA) is 54.4 Å². The Labute approximate surface area is 134 Å². The number of aromatic nitrogens is 3. The van der Waals surface area contributed by atoms with Gasteiger partial charge >= 0.3 is 0 Å². The molecule has 2 aromatic heterocycles. The minimum atomic E-state index is -0.359. The Balaban J connectivity index is 1.56. The molecule has 122 valence electrons. The molecule has 0 N–H and O–H groups in total. The van der Waals surface area contributed by atoms with Gasteiger partial charge in [0, 0.05) is 45.4 Å². The van der Waals surface area contributed by atoms with E-state index in [4.69, 9.17) is 4.74 Å². The fraction of sp³-hybridized carbons (Fsp3) is 0.438. The van der Waals surface area contributed by atoms with Crippen molar-refractivity contribution < 1.29 is 9.13 Å². The maximum atomic E-state index is 12.8. The number of ether oxygens (including phenoxy) is 1. The third-order valence-electron chi connectivity index (χ3n) is 3.82. The molecule has 1 unspecified atom stereocenters. The molecule has 23 heavy (non-hydrogen) atoms. The van der Waals surface area contributed by atoms with E-state index in [1.165, 1.54) is 6.07 Å². The molecule has 3 heterocycles. The number of pyridine rings is 1. The lowest BCUT2D eigenvalue weighted by Gasteiger charge is -2.18. The third-order valence-corrected chi connectivity index (χ3v) is 3.82. The fourth-order valence-electron chi connectivity index (χ4n) is 2.54. The molecular weight excluding hydrogens is 297 g/mol. The minimum absolute atomic E-state index is 0.359. The van der Waals surface area contributed by atoms with Gasteiger partial charge in [0.2, 0.25) is 11.8 Å². The van der Waals surface area contributed by atoms with E-state index < -0.39 is 0 Å². The summed E-state index contributed by atoms with van der Waals surface area (Å²) in [6.07, 6.45) is 3.96. The van der Waals surface area contributed by atoms with Gasteiger partial charge < -0.3 is 14.5 Å². The molecule has 0 spiro atoms. The molecular formula is C16H20FN5O. The average molecular weight is 317 g/mol. The van der Waals surface area contributed by atoms with E-state index in [1.54, 1.807) is 12.3 Å². The van der Waals surface area contributed by atoms with E-state index in [-0.39, 0.29) is 5.82 Å². The standard InChI is InChI=1S/C16H20FN5O/c1-21(2)14-5-7-18-16(20-14)22-8-6-12(10-22)11-23-15-4-3-13(17)9-19-15/h3-5,7,9,12H,6,8,10-11H2,1-2H3. The quantitative estimate of drug-likeness (QED) is 0.840. The van der Waals surface area contributed by atoms with E-state index in [2.05, 4.69) is 19.9 Å². The second-order valence-electron chi connectivity index (χ2n) is 5.84. The Bertz CT molecular complexity index is 649. The second-order valence-corrected chi connectivity index (χ2v) is 5.84. The molecule has 0 saturated carbocycles. The Kier molecular flexibility index (Phi) is 4.55. The van der Waals surface area contributed by atoms with Gasteiger partial charge in [-0.2, -0.15) is 4.98 Å². The van der Waals surface area contributed by atoms with Crippen LogP contribution in [0.5, 0.6) is 5.88 Å². The molecule has 1 aliphatic rings. The van der Waals surface area contributed by atoms with E-state index in [1.807, 2.05) is 25.1 Å². The number of hydrogen-bond donors (Lipinski definition) is 0. The van der Waals surface area contributed by atoms with Crippen molar-refractivity contribution in [2.24, 2.45) is 5.92 Å². The number of hydrogen-bond acceptors (Lipinski definition) is 6. The molecule has 1 fully saturated rings. The van der Waals surface area contributed by atoms with E-state index >= 15 is 0 Å². The first kappa shape index (κ1) is 15.5. The van der Waals surface area contributed by atoms with Gasteiger partial charge in [0.1, 0.15) is 11.6 Å². The SMILES string of the molecule is CN(C)c1ccnc(N2CCC(COc3ccc(F)cn3)C2)n1. The van der Waals surface area contributed by atoms with Gasteiger partial charge in [-0.25, -0.2) is 14.4 Å². The molecule has 6 nitrogen and oxygen atoms in total. The van der Waals surface area contributed by atoms with Crippen LogP contribution in [-0.4, -0.2) is 48.7 Å². The zero-order valence-electron chi connectivity index (χ0n) is 13.3. The lowest BCUT2D eigenvalue weighted by molar-refractivity contribution is 0.251.